The van der Waals surface area contributed by atoms with Crippen LogP contribution in [0.5, 0.6) is 0 Å². The maximum Gasteiger partial charge on any atom is 0.156 e. The molecule has 0 aliphatic heterocycles. The predicted octanol–water partition coefficient (Wildman–Crippen LogP) is 1.81. The van der Waals surface area contributed by atoms with Crippen molar-refractivity contribution in [1.82, 2.24) is 10.2 Å². The average Bonchev–Trinajstić information content (AvgIpc) is 2.28. The van der Waals surface area contributed by atoms with Gasteiger partial charge in [0.1, 0.15) is 0 Å². The van der Waals surface area contributed by atoms with E-state index in [1.807, 2.05) is 31.2 Å². The number of anilines is 1. The zero-order valence-electron chi connectivity index (χ0n) is 9.88. The van der Waals surface area contributed by atoms with Crippen LogP contribution in [0.2, 0.25) is 0 Å². The highest BCUT2D eigenvalue weighted by molar-refractivity contribution is 7.84. The summed E-state index contributed by atoms with van der Waals surface area (Å²) < 4.78 is 11.1. The van der Waals surface area contributed by atoms with Gasteiger partial charge in [0.15, 0.2) is 5.82 Å². The molecule has 1 heterocycles. The number of hydrogen-bond donors (Lipinski definition) is 1. The van der Waals surface area contributed by atoms with E-state index in [4.69, 9.17) is 0 Å². The van der Waals surface area contributed by atoms with E-state index in [0.29, 0.717) is 5.75 Å². The monoisotopic (exact) mass is 249 g/mol. The summed E-state index contributed by atoms with van der Waals surface area (Å²) in [4.78, 5) is 0. The second-order valence-electron chi connectivity index (χ2n) is 4.07. The quantitative estimate of drug-likeness (QED) is 0.898. The number of rotatable bonds is 4. The molecule has 1 aromatic heterocycles. The molecule has 2 atom stereocenters. The molecule has 1 aromatic carbocycles. The van der Waals surface area contributed by atoms with Gasteiger partial charge in [-0.1, -0.05) is 24.3 Å². The standard InChI is InChI=1S/C12H15N3OS/c1-9(8-17(2)16)14-12-11-6-4-3-5-10(11)7-13-15-12/h3-7,9H,8H2,1-2H3,(H,14,15). The Labute approximate surface area is 103 Å². The number of hydrogen-bond acceptors (Lipinski definition) is 4. The van der Waals surface area contributed by atoms with E-state index in [2.05, 4.69) is 15.5 Å². The van der Waals surface area contributed by atoms with Crippen LogP contribution < -0.4 is 5.32 Å². The fourth-order valence-corrected chi connectivity index (χ4v) is 2.55. The molecular weight excluding hydrogens is 234 g/mol. The van der Waals surface area contributed by atoms with Crippen LogP contribution >= 0.6 is 0 Å². The van der Waals surface area contributed by atoms with E-state index in [1.54, 1.807) is 12.5 Å². The molecule has 0 saturated carbocycles. The topological polar surface area (TPSA) is 54.9 Å². The minimum Gasteiger partial charge on any atom is -0.365 e. The number of benzene rings is 1. The van der Waals surface area contributed by atoms with Gasteiger partial charge in [0, 0.05) is 39.6 Å². The highest BCUT2D eigenvalue weighted by atomic mass is 32.2. The van der Waals surface area contributed by atoms with Crippen LogP contribution in [0.1, 0.15) is 6.92 Å². The first-order chi connectivity index (χ1) is 8.16. The SMILES string of the molecule is CC(CS(C)=O)Nc1nncc2ccccc12. The second-order valence-corrected chi connectivity index (χ2v) is 5.55. The maximum atomic E-state index is 11.1. The fraction of sp³-hybridized carbons (Fsp3) is 0.333. The van der Waals surface area contributed by atoms with Crippen molar-refractivity contribution in [1.29, 1.82) is 0 Å². The Morgan fingerprint density at radius 2 is 2.18 bits per heavy atom. The van der Waals surface area contributed by atoms with Gasteiger partial charge < -0.3 is 5.32 Å². The van der Waals surface area contributed by atoms with Crippen LogP contribution in [0, 0.1) is 0 Å². The van der Waals surface area contributed by atoms with Gasteiger partial charge in [0.25, 0.3) is 0 Å². The lowest BCUT2D eigenvalue weighted by Crippen LogP contribution is -2.23. The molecule has 90 valence electrons. The molecule has 5 heteroatoms. The van der Waals surface area contributed by atoms with Gasteiger partial charge in [-0.2, -0.15) is 5.10 Å². The van der Waals surface area contributed by atoms with E-state index < -0.39 is 10.8 Å². The van der Waals surface area contributed by atoms with Crippen molar-refractivity contribution in [3.8, 4) is 0 Å². The highest BCUT2D eigenvalue weighted by Gasteiger charge is 2.08. The maximum absolute atomic E-state index is 11.1. The average molecular weight is 249 g/mol. The highest BCUT2D eigenvalue weighted by Crippen LogP contribution is 2.19. The van der Waals surface area contributed by atoms with E-state index in [1.165, 1.54) is 0 Å². The van der Waals surface area contributed by atoms with Gasteiger partial charge in [0.2, 0.25) is 0 Å². The summed E-state index contributed by atoms with van der Waals surface area (Å²) in [6, 6.07) is 8.05. The Balaban J connectivity index is 2.26. The summed E-state index contributed by atoms with van der Waals surface area (Å²) in [7, 11) is -0.814. The van der Waals surface area contributed by atoms with Crippen LogP contribution in [0.4, 0.5) is 5.82 Å². The van der Waals surface area contributed by atoms with Crippen molar-refractivity contribution >= 4 is 27.4 Å². The van der Waals surface area contributed by atoms with Gasteiger partial charge in [-0.3, -0.25) is 4.21 Å². The van der Waals surface area contributed by atoms with Crippen LogP contribution in [-0.2, 0) is 10.8 Å². The summed E-state index contributed by atoms with van der Waals surface area (Å²) in [6.07, 6.45) is 3.44. The first kappa shape index (κ1) is 12.0. The molecule has 0 saturated heterocycles. The molecule has 0 amide bonds. The molecule has 0 radical (unpaired) electrons. The third kappa shape index (κ3) is 3.00. The van der Waals surface area contributed by atoms with Crippen LogP contribution in [0.15, 0.2) is 30.5 Å². The third-order valence-electron chi connectivity index (χ3n) is 2.44. The molecule has 0 aliphatic rings. The van der Waals surface area contributed by atoms with Crippen molar-refractivity contribution in [2.75, 3.05) is 17.3 Å². The smallest absolute Gasteiger partial charge is 0.156 e. The Bertz CT molecular complexity index is 539. The van der Waals surface area contributed by atoms with Gasteiger partial charge in [-0.05, 0) is 6.92 Å². The molecule has 0 bridgehead atoms. The Morgan fingerprint density at radius 1 is 1.41 bits per heavy atom. The van der Waals surface area contributed by atoms with E-state index in [-0.39, 0.29) is 6.04 Å². The van der Waals surface area contributed by atoms with Crippen LogP contribution in [0.3, 0.4) is 0 Å². The lowest BCUT2D eigenvalue weighted by atomic mass is 10.2. The van der Waals surface area contributed by atoms with Crippen molar-refractivity contribution in [2.45, 2.75) is 13.0 Å². The molecule has 17 heavy (non-hydrogen) atoms. The zero-order valence-corrected chi connectivity index (χ0v) is 10.7. The third-order valence-corrected chi connectivity index (χ3v) is 3.41. The number of nitrogens with zero attached hydrogens (tertiary/aromatic N) is 2. The molecule has 2 aromatic rings. The molecule has 0 fully saturated rings. The van der Waals surface area contributed by atoms with Gasteiger partial charge >= 0.3 is 0 Å². The number of aromatic nitrogens is 2. The van der Waals surface area contributed by atoms with Crippen molar-refractivity contribution in [2.24, 2.45) is 0 Å². The minimum atomic E-state index is -0.814. The Morgan fingerprint density at radius 3 is 2.94 bits per heavy atom. The lowest BCUT2D eigenvalue weighted by Gasteiger charge is -2.13. The summed E-state index contributed by atoms with van der Waals surface area (Å²) in [6.45, 7) is 1.99. The van der Waals surface area contributed by atoms with Crippen molar-refractivity contribution in [3.05, 3.63) is 30.5 Å². The van der Waals surface area contributed by atoms with Gasteiger partial charge in [0.05, 0.1) is 6.20 Å². The van der Waals surface area contributed by atoms with Crippen LogP contribution in [-0.4, -0.2) is 32.5 Å². The molecule has 2 unspecified atom stereocenters. The Hall–Kier alpha value is -1.49. The molecule has 4 nitrogen and oxygen atoms in total. The Kier molecular flexibility index (Phi) is 3.68. The summed E-state index contributed by atoms with van der Waals surface area (Å²) >= 11 is 0. The second kappa shape index (κ2) is 5.23. The largest absolute Gasteiger partial charge is 0.365 e. The van der Waals surface area contributed by atoms with E-state index in [0.717, 1.165) is 16.6 Å². The minimum absolute atomic E-state index is 0.112. The molecule has 1 N–H and O–H groups in total. The fourth-order valence-electron chi connectivity index (χ4n) is 1.76. The van der Waals surface area contributed by atoms with Crippen LogP contribution in [0.25, 0.3) is 10.8 Å². The first-order valence-electron chi connectivity index (χ1n) is 5.44. The first-order valence-corrected chi connectivity index (χ1v) is 7.16. The molecule has 2 rings (SSSR count). The normalized spacial score (nSPS) is 14.5. The molecular formula is C12H15N3OS. The summed E-state index contributed by atoms with van der Waals surface area (Å²) in [5.74, 6) is 1.35. The molecule has 0 aliphatic carbocycles. The number of nitrogens with one attached hydrogen (secondary N) is 1. The van der Waals surface area contributed by atoms with Gasteiger partial charge in [-0.15, -0.1) is 5.10 Å². The van der Waals surface area contributed by atoms with E-state index in [9.17, 15) is 4.21 Å². The van der Waals surface area contributed by atoms with Crippen molar-refractivity contribution < 1.29 is 4.21 Å². The molecule has 0 spiro atoms. The van der Waals surface area contributed by atoms with Gasteiger partial charge in [-0.25, -0.2) is 0 Å². The van der Waals surface area contributed by atoms with E-state index >= 15 is 0 Å². The lowest BCUT2D eigenvalue weighted by molar-refractivity contribution is 0.682. The zero-order chi connectivity index (χ0) is 12.3. The van der Waals surface area contributed by atoms with Crippen molar-refractivity contribution in [3.63, 3.8) is 0 Å². The predicted molar refractivity (Wildman–Crippen MR) is 71.6 cm³/mol. The number of fused-ring (bicyclic) bond motifs is 1. The summed E-state index contributed by atoms with van der Waals surface area (Å²) in [5.41, 5.74) is 0. The summed E-state index contributed by atoms with van der Waals surface area (Å²) in [5, 5.41) is 13.4.